The molecular weight excluding hydrogens is 184 g/mol. The summed E-state index contributed by atoms with van der Waals surface area (Å²) in [5.74, 6) is 0. The number of nitrogens with zero attached hydrogens (tertiary/aromatic N) is 1. The molecule has 0 amide bonds. The van der Waals surface area contributed by atoms with Crippen LogP contribution >= 0.6 is 11.3 Å². The Morgan fingerprint density at radius 2 is 2.23 bits per heavy atom. The molecule has 0 saturated heterocycles. The molecule has 1 aromatic heterocycles. The smallest absolute Gasteiger partial charge is 0.0929 e. The van der Waals surface area contributed by atoms with Crippen molar-refractivity contribution in [2.75, 3.05) is 13.2 Å². The maximum absolute atomic E-state index is 8.64. The van der Waals surface area contributed by atoms with Crippen molar-refractivity contribution in [1.82, 2.24) is 4.98 Å². The Balaban J connectivity index is 2.34. The van der Waals surface area contributed by atoms with Crippen LogP contribution in [0.5, 0.6) is 0 Å². The minimum absolute atomic E-state index is 0.248. The molecule has 3 nitrogen and oxygen atoms in total. The van der Waals surface area contributed by atoms with Gasteiger partial charge in [-0.2, -0.15) is 0 Å². The Morgan fingerprint density at radius 3 is 2.92 bits per heavy atom. The first-order valence-corrected chi connectivity index (χ1v) is 5.49. The highest BCUT2D eigenvalue weighted by molar-refractivity contribution is 7.09. The molecule has 1 rings (SSSR count). The first kappa shape index (κ1) is 10.6. The van der Waals surface area contributed by atoms with Gasteiger partial charge in [0.25, 0.3) is 0 Å². The number of rotatable bonds is 6. The fraction of sp³-hybridized carbons (Fsp3) is 0.667. The number of hydrogen-bond acceptors (Lipinski definition) is 4. The van der Waals surface area contributed by atoms with Crippen LogP contribution in [0.15, 0.2) is 5.38 Å². The van der Waals surface area contributed by atoms with Crippen molar-refractivity contribution in [3.8, 4) is 0 Å². The largest absolute Gasteiger partial charge is 0.396 e. The molecule has 1 heterocycles. The molecule has 0 unspecified atom stereocenters. The molecule has 1 aromatic rings. The van der Waals surface area contributed by atoms with Crippen molar-refractivity contribution in [3.05, 3.63) is 16.1 Å². The summed E-state index contributed by atoms with van der Waals surface area (Å²) in [6.45, 7) is 0.973. The molecule has 0 radical (unpaired) electrons. The van der Waals surface area contributed by atoms with E-state index in [4.69, 9.17) is 10.8 Å². The zero-order valence-electron chi connectivity index (χ0n) is 7.70. The summed E-state index contributed by atoms with van der Waals surface area (Å²) in [5, 5.41) is 11.8. The van der Waals surface area contributed by atoms with Crippen molar-refractivity contribution < 1.29 is 5.11 Å². The molecule has 4 heteroatoms. The average Bonchev–Trinajstić information content (AvgIpc) is 2.59. The third-order valence-electron chi connectivity index (χ3n) is 1.79. The summed E-state index contributed by atoms with van der Waals surface area (Å²) in [6.07, 6.45) is 3.68. The molecule has 0 bridgehead atoms. The molecule has 74 valence electrons. The van der Waals surface area contributed by atoms with Gasteiger partial charge in [-0.25, -0.2) is 4.98 Å². The van der Waals surface area contributed by atoms with Crippen LogP contribution in [-0.2, 0) is 12.8 Å². The van der Waals surface area contributed by atoms with Gasteiger partial charge in [0.2, 0.25) is 0 Å². The minimum Gasteiger partial charge on any atom is -0.396 e. The molecule has 13 heavy (non-hydrogen) atoms. The number of thiazole rings is 1. The molecule has 0 spiro atoms. The Hall–Kier alpha value is -0.450. The maximum atomic E-state index is 8.64. The number of aromatic nitrogens is 1. The van der Waals surface area contributed by atoms with E-state index < -0.39 is 0 Å². The molecule has 0 aliphatic carbocycles. The zero-order chi connectivity index (χ0) is 9.52. The van der Waals surface area contributed by atoms with Gasteiger partial charge in [0.15, 0.2) is 0 Å². The lowest BCUT2D eigenvalue weighted by molar-refractivity contribution is 0.288. The van der Waals surface area contributed by atoms with Crippen LogP contribution in [0.25, 0.3) is 0 Å². The fourth-order valence-corrected chi connectivity index (χ4v) is 1.97. The van der Waals surface area contributed by atoms with Gasteiger partial charge in [0.1, 0.15) is 0 Å². The van der Waals surface area contributed by atoms with E-state index in [1.54, 1.807) is 11.3 Å². The summed E-state index contributed by atoms with van der Waals surface area (Å²) in [5.41, 5.74) is 6.55. The van der Waals surface area contributed by atoms with Gasteiger partial charge in [0.05, 0.1) is 10.7 Å². The standard InChI is InChI=1S/C9H16N2OS/c10-5-1-3-8-7-13-9(11-8)4-2-6-12/h7,12H,1-6,10H2. The fourth-order valence-electron chi connectivity index (χ4n) is 1.09. The summed E-state index contributed by atoms with van der Waals surface area (Å²) >= 11 is 1.68. The second kappa shape index (κ2) is 6.07. The number of aliphatic hydroxyl groups excluding tert-OH is 1. The maximum Gasteiger partial charge on any atom is 0.0929 e. The third kappa shape index (κ3) is 3.85. The molecular formula is C9H16N2OS. The molecule has 0 fully saturated rings. The normalized spacial score (nSPS) is 10.6. The number of aliphatic hydroxyl groups is 1. The Labute approximate surface area is 82.6 Å². The lowest BCUT2D eigenvalue weighted by Crippen LogP contribution is -2.00. The second-order valence-electron chi connectivity index (χ2n) is 2.95. The topological polar surface area (TPSA) is 59.1 Å². The Bertz CT molecular complexity index is 215. The van der Waals surface area contributed by atoms with Crippen LogP contribution in [0.2, 0.25) is 0 Å². The number of aryl methyl sites for hydroxylation is 2. The van der Waals surface area contributed by atoms with Gasteiger partial charge < -0.3 is 10.8 Å². The van der Waals surface area contributed by atoms with Crippen LogP contribution in [0.1, 0.15) is 23.5 Å². The van der Waals surface area contributed by atoms with Crippen molar-refractivity contribution >= 4 is 11.3 Å². The van der Waals surface area contributed by atoms with Crippen LogP contribution < -0.4 is 5.73 Å². The van der Waals surface area contributed by atoms with Gasteiger partial charge in [-0.3, -0.25) is 0 Å². The molecule has 0 aromatic carbocycles. The first-order chi connectivity index (χ1) is 6.36. The molecule has 0 saturated carbocycles. The highest BCUT2D eigenvalue weighted by atomic mass is 32.1. The highest BCUT2D eigenvalue weighted by Gasteiger charge is 2.00. The summed E-state index contributed by atoms with van der Waals surface area (Å²) in [7, 11) is 0. The first-order valence-electron chi connectivity index (χ1n) is 4.61. The van der Waals surface area contributed by atoms with Gasteiger partial charge in [-0.1, -0.05) is 0 Å². The van der Waals surface area contributed by atoms with E-state index in [2.05, 4.69) is 10.4 Å². The predicted octanol–water partition coefficient (Wildman–Crippen LogP) is 0.959. The Kier molecular flexibility index (Phi) is 4.97. The van der Waals surface area contributed by atoms with Crippen LogP contribution in [-0.4, -0.2) is 23.2 Å². The van der Waals surface area contributed by atoms with Gasteiger partial charge in [-0.15, -0.1) is 11.3 Å². The van der Waals surface area contributed by atoms with Crippen molar-refractivity contribution in [1.29, 1.82) is 0 Å². The molecule has 3 N–H and O–H groups in total. The second-order valence-corrected chi connectivity index (χ2v) is 3.89. The highest BCUT2D eigenvalue weighted by Crippen LogP contribution is 2.12. The SMILES string of the molecule is NCCCc1csc(CCCO)n1. The molecule has 0 aliphatic rings. The van der Waals surface area contributed by atoms with Gasteiger partial charge in [0, 0.05) is 18.4 Å². The zero-order valence-corrected chi connectivity index (χ0v) is 8.52. The van der Waals surface area contributed by atoms with E-state index in [9.17, 15) is 0 Å². The lowest BCUT2D eigenvalue weighted by Gasteiger charge is -1.93. The quantitative estimate of drug-likeness (QED) is 0.719. The van der Waals surface area contributed by atoms with Crippen molar-refractivity contribution in [2.45, 2.75) is 25.7 Å². The van der Waals surface area contributed by atoms with Gasteiger partial charge >= 0.3 is 0 Å². The predicted molar refractivity (Wildman–Crippen MR) is 54.9 cm³/mol. The molecule has 0 atom stereocenters. The lowest BCUT2D eigenvalue weighted by atomic mass is 10.2. The average molecular weight is 200 g/mol. The third-order valence-corrected chi connectivity index (χ3v) is 2.74. The monoisotopic (exact) mass is 200 g/mol. The number of nitrogens with two attached hydrogens (primary N) is 1. The van der Waals surface area contributed by atoms with E-state index >= 15 is 0 Å². The summed E-state index contributed by atoms with van der Waals surface area (Å²) < 4.78 is 0. The Morgan fingerprint density at radius 1 is 1.38 bits per heavy atom. The minimum atomic E-state index is 0.248. The van der Waals surface area contributed by atoms with Crippen LogP contribution in [0.3, 0.4) is 0 Å². The summed E-state index contributed by atoms with van der Waals surface area (Å²) in [6, 6.07) is 0. The van der Waals surface area contributed by atoms with Gasteiger partial charge in [-0.05, 0) is 25.8 Å². The van der Waals surface area contributed by atoms with E-state index in [1.165, 1.54) is 0 Å². The van der Waals surface area contributed by atoms with Crippen molar-refractivity contribution in [2.24, 2.45) is 5.73 Å². The van der Waals surface area contributed by atoms with E-state index in [0.29, 0.717) is 0 Å². The van der Waals surface area contributed by atoms with Crippen molar-refractivity contribution in [3.63, 3.8) is 0 Å². The summed E-state index contributed by atoms with van der Waals surface area (Å²) in [4.78, 5) is 4.44. The molecule has 0 aliphatic heterocycles. The van der Waals surface area contributed by atoms with Crippen LogP contribution in [0, 0.1) is 0 Å². The number of hydrogen-bond donors (Lipinski definition) is 2. The van der Waals surface area contributed by atoms with E-state index in [1.807, 2.05) is 0 Å². The van der Waals surface area contributed by atoms with E-state index in [0.717, 1.165) is 42.9 Å². The van der Waals surface area contributed by atoms with E-state index in [-0.39, 0.29) is 6.61 Å². The van der Waals surface area contributed by atoms with Crippen LogP contribution in [0.4, 0.5) is 0 Å².